The summed E-state index contributed by atoms with van der Waals surface area (Å²) < 4.78 is 46.6. The third-order valence-electron chi connectivity index (χ3n) is 1.12. The van der Waals surface area contributed by atoms with Crippen LogP contribution < -0.4 is 0 Å². The molecule has 0 N–H and O–H groups in total. The van der Waals surface area contributed by atoms with Crippen LogP contribution in [0.5, 0.6) is 0 Å². The summed E-state index contributed by atoms with van der Waals surface area (Å²) in [5, 5.41) is 0. The van der Waals surface area contributed by atoms with Crippen LogP contribution in [0.1, 0.15) is 0 Å². The molecule has 0 aliphatic heterocycles. The van der Waals surface area contributed by atoms with Crippen molar-refractivity contribution in [3.63, 3.8) is 0 Å². The summed E-state index contributed by atoms with van der Waals surface area (Å²) in [5.74, 6) is 0. The molecule has 0 amide bonds. The monoisotopic (exact) mass is 160 g/mol. The average Bonchev–Trinajstić information content (AvgIpc) is 1.65. The standard InChI is InChI=1S/C4H8F4Si/c1-9(2,3(5)6)4(7)8/h3-4H,1-2H3. The fraction of sp³-hybridized carbons (Fsp3) is 1.00. The van der Waals surface area contributed by atoms with Gasteiger partial charge < -0.3 is 0 Å². The molecule has 0 spiro atoms. The van der Waals surface area contributed by atoms with Crippen LogP contribution in [0.4, 0.5) is 17.6 Å². The third-order valence-corrected chi connectivity index (χ3v) is 3.37. The highest BCUT2D eigenvalue weighted by Gasteiger charge is 2.42. The molecular formula is C4H8F4Si. The van der Waals surface area contributed by atoms with Crippen LogP contribution in [0.3, 0.4) is 0 Å². The Morgan fingerprint density at radius 2 is 1.11 bits per heavy atom. The molecule has 0 saturated heterocycles. The molecule has 0 heterocycles. The summed E-state index contributed by atoms with van der Waals surface area (Å²) in [6, 6.07) is -5.64. The first-order valence-corrected chi connectivity index (χ1v) is 5.60. The van der Waals surface area contributed by atoms with Crippen LogP contribution in [-0.4, -0.2) is 20.2 Å². The Bertz CT molecular complexity index is 80.6. The van der Waals surface area contributed by atoms with Crippen LogP contribution in [-0.2, 0) is 0 Å². The highest BCUT2D eigenvalue weighted by Crippen LogP contribution is 2.20. The van der Waals surface area contributed by atoms with E-state index in [-0.39, 0.29) is 0 Å². The van der Waals surface area contributed by atoms with Crippen molar-refractivity contribution < 1.29 is 17.6 Å². The fourth-order valence-corrected chi connectivity index (χ4v) is 0.286. The van der Waals surface area contributed by atoms with Gasteiger partial charge in [0.05, 0.1) is 0 Å². The van der Waals surface area contributed by atoms with Crippen LogP contribution in [0.15, 0.2) is 0 Å². The summed E-state index contributed by atoms with van der Waals surface area (Å²) in [4.78, 5) is 0. The van der Waals surface area contributed by atoms with E-state index < -0.39 is 20.2 Å². The Hall–Kier alpha value is -0.0631. The molecule has 0 atom stereocenters. The third kappa shape index (κ3) is 1.96. The minimum atomic E-state index is -3.52. The van der Waals surface area contributed by atoms with Gasteiger partial charge in [0.15, 0.2) is 0 Å². The largest absolute Gasteiger partial charge is 0.227 e. The topological polar surface area (TPSA) is 0 Å². The molecule has 0 fully saturated rings. The second-order valence-electron chi connectivity index (χ2n) is 2.42. The zero-order valence-corrected chi connectivity index (χ0v) is 6.17. The van der Waals surface area contributed by atoms with Gasteiger partial charge in [0.1, 0.15) is 0 Å². The van der Waals surface area contributed by atoms with Crippen molar-refractivity contribution in [3.8, 4) is 0 Å². The lowest BCUT2D eigenvalue weighted by atomic mass is 11.6. The molecule has 0 aromatic rings. The van der Waals surface area contributed by atoms with Gasteiger partial charge in [-0.25, -0.2) is 17.6 Å². The van der Waals surface area contributed by atoms with E-state index in [2.05, 4.69) is 0 Å². The summed E-state index contributed by atoms with van der Waals surface area (Å²) >= 11 is 0. The van der Waals surface area contributed by atoms with Gasteiger partial charge in [-0.2, -0.15) is 0 Å². The quantitative estimate of drug-likeness (QED) is 0.429. The summed E-state index contributed by atoms with van der Waals surface area (Å²) in [6.07, 6.45) is 0. The van der Waals surface area contributed by atoms with Gasteiger partial charge in [-0.15, -0.1) is 0 Å². The number of alkyl halides is 4. The lowest BCUT2D eigenvalue weighted by Crippen LogP contribution is -2.44. The van der Waals surface area contributed by atoms with Crippen molar-refractivity contribution >= 4 is 8.07 Å². The molecule has 0 radical (unpaired) electrons. The summed E-state index contributed by atoms with van der Waals surface area (Å²) in [5.41, 5.74) is 0. The van der Waals surface area contributed by atoms with Gasteiger partial charge in [0.2, 0.25) is 20.2 Å². The van der Waals surface area contributed by atoms with E-state index >= 15 is 0 Å². The van der Waals surface area contributed by atoms with Crippen molar-refractivity contribution in [2.75, 3.05) is 0 Å². The maximum absolute atomic E-state index is 11.6. The highest BCUT2D eigenvalue weighted by molar-refractivity contribution is 6.78. The fourth-order valence-electron chi connectivity index (χ4n) is 0.0952. The first kappa shape index (κ1) is 8.94. The van der Waals surface area contributed by atoms with E-state index in [0.29, 0.717) is 0 Å². The van der Waals surface area contributed by atoms with Gasteiger partial charge in [-0.3, -0.25) is 0 Å². The first-order valence-electron chi connectivity index (χ1n) is 2.45. The van der Waals surface area contributed by atoms with E-state index in [1.807, 2.05) is 0 Å². The number of hydrogen-bond acceptors (Lipinski definition) is 0. The molecule has 0 aromatic carbocycles. The lowest BCUT2D eigenvalue weighted by molar-refractivity contribution is 0.175. The predicted octanol–water partition coefficient (Wildman–Crippen LogP) is 2.30. The molecule has 0 aliphatic carbocycles. The Balaban J connectivity index is 4.01. The van der Waals surface area contributed by atoms with Gasteiger partial charge >= 0.3 is 0 Å². The van der Waals surface area contributed by atoms with E-state index in [1.54, 1.807) is 0 Å². The zero-order valence-electron chi connectivity index (χ0n) is 5.17. The smallest absolute Gasteiger partial charge is 0.215 e. The second kappa shape index (κ2) is 2.68. The molecule has 5 heteroatoms. The molecule has 0 unspecified atom stereocenters. The molecule has 0 saturated carbocycles. The predicted molar refractivity (Wildman–Crippen MR) is 29.5 cm³/mol. The highest BCUT2D eigenvalue weighted by atomic mass is 28.3. The van der Waals surface area contributed by atoms with Crippen LogP contribution in [0.25, 0.3) is 0 Å². The van der Waals surface area contributed by atoms with Gasteiger partial charge in [-0.1, -0.05) is 13.1 Å². The number of hydrogen-bond donors (Lipinski definition) is 0. The Morgan fingerprint density at radius 3 is 1.11 bits per heavy atom. The van der Waals surface area contributed by atoms with Crippen molar-refractivity contribution in [3.05, 3.63) is 0 Å². The molecule has 0 rings (SSSR count). The molecule has 0 nitrogen and oxygen atoms in total. The molecule has 0 bridgehead atoms. The van der Waals surface area contributed by atoms with Crippen molar-refractivity contribution in [2.24, 2.45) is 0 Å². The van der Waals surface area contributed by atoms with Crippen LogP contribution in [0.2, 0.25) is 13.1 Å². The molecule has 56 valence electrons. The Morgan fingerprint density at radius 1 is 0.889 bits per heavy atom. The second-order valence-corrected chi connectivity index (χ2v) is 6.94. The minimum absolute atomic E-state index is 0.975. The van der Waals surface area contributed by atoms with Gasteiger partial charge in [-0.05, 0) is 0 Å². The molecule has 9 heavy (non-hydrogen) atoms. The van der Waals surface area contributed by atoms with Gasteiger partial charge in [0.25, 0.3) is 0 Å². The number of halogens is 4. The van der Waals surface area contributed by atoms with Crippen LogP contribution in [0, 0.1) is 0 Å². The average molecular weight is 160 g/mol. The van der Waals surface area contributed by atoms with E-state index in [9.17, 15) is 17.6 Å². The van der Waals surface area contributed by atoms with Crippen LogP contribution >= 0.6 is 0 Å². The van der Waals surface area contributed by atoms with Crippen molar-refractivity contribution in [1.29, 1.82) is 0 Å². The summed E-state index contributed by atoms with van der Waals surface area (Å²) in [6.45, 7) is 1.95. The SMILES string of the molecule is C[Si](C)(C(F)F)C(F)F. The molecule has 0 aromatic heterocycles. The molecule has 0 aliphatic rings. The maximum Gasteiger partial charge on any atom is 0.227 e. The van der Waals surface area contributed by atoms with E-state index in [0.717, 1.165) is 13.1 Å². The number of rotatable bonds is 2. The normalized spacial score (nSPS) is 13.3. The maximum atomic E-state index is 11.6. The van der Waals surface area contributed by atoms with E-state index in [1.165, 1.54) is 0 Å². The van der Waals surface area contributed by atoms with Crippen molar-refractivity contribution in [1.82, 2.24) is 0 Å². The lowest BCUT2D eigenvalue weighted by Gasteiger charge is -2.18. The first-order chi connectivity index (χ1) is 3.89. The van der Waals surface area contributed by atoms with E-state index in [4.69, 9.17) is 0 Å². The Labute approximate surface area is 51.9 Å². The van der Waals surface area contributed by atoms with Gasteiger partial charge in [0, 0.05) is 0 Å². The molecular weight excluding hydrogens is 152 g/mol. The van der Waals surface area contributed by atoms with Crippen molar-refractivity contribution in [2.45, 2.75) is 25.2 Å². The minimum Gasteiger partial charge on any atom is -0.215 e. The zero-order chi connectivity index (χ0) is 7.65. The Kier molecular flexibility index (Phi) is 2.66. The summed E-state index contributed by atoms with van der Waals surface area (Å²) in [7, 11) is -3.52.